The van der Waals surface area contributed by atoms with Crippen molar-refractivity contribution in [3.05, 3.63) is 39.9 Å². The molecule has 0 saturated heterocycles. The van der Waals surface area contributed by atoms with Crippen LogP contribution in [0.15, 0.2) is 24.3 Å². The van der Waals surface area contributed by atoms with Gasteiger partial charge in [0.25, 0.3) is 0 Å². The van der Waals surface area contributed by atoms with Crippen LogP contribution in [0.25, 0.3) is 0 Å². The molecule has 0 aromatic heterocycles. The van der Waals surface area contributed by atoms with Crippen molar-refractivity contribution in [3.8, 4) is 0 Å². The predicted molar refractivity (Wildman–Crippen MR) is 67.6 cm³/mol. The number of hydrogen-bond donors (Lipinski definition) is 2. The molecule has 0 unspecified atom stereocenters. The van der Waals surface area contributed by atoms with Gasteiger partial charge in [-0.1, -0.05) is 0 Å². The molecule has 1 rings (SSSR count). The summed E-state index contributed by atoms with van der Waals surface area (Å²) < 4.78 is 0. The molecule has 0 aliphatic carbocycles. The molecule has 18 heavy (non-hydrogen) atoms. The van der Waals surface area contributed by atoms with Gasteiger partial charge in [-0.15, -0.1) is 0 Å². The van der Waals surface area contributed by atoms with Gasteiger partial charge >= 0.3 is 110 Å². The van der Waals surface area contributed by atoms with Gasteiger partial charge in [0.2, 0.25) is 0 Å². The first-order chi connectivity index (χ1) is 8.50. The molecule has 1 aromatic carbocycles. The van der Waals surface area contributed by atoms with Crippen LogP contribution in [0.4, 0.5) is 5.69 Å². The maximum absolute atomic E-state index is 10.5. The Labute approximate surface area is 110 Å². The Morgan fingerprint density at radius 1 is 1.44 bits per heavy atom. The molecule has 0 heterocycles. The second-order valence-corrected chi connectivity index (χ2v) is 6.03. The maximum atomic E-state index is 10.5. The Kier molecular flexibility index (Phi) is 5.77. The number of benzene rings is 1. The van der Waals surface area contributed by atoms with E-state index in [2.05, 4.69) is 0 Å². The monoisotopic (exact) mass is 318 g/mol. The third-order valence-electron chi connectivity index (χ3n) is 2.31. The quantitative estimate of drug-likeness (QED) is 0.338. The van der Waals surface area contributed by atoms with E-state index in [0.717, 1.165) is 16.2 Å². The van der Waals surface area contributed by atoms with E-state index in [4.69, 9.17) is 10.8 Å². The summed E-state index contributed by atoms with van der Waals surface area (Å²) in [6.45, 7) is 0. The fourth-order valence-corrected chi connectivity index (χ4v) is 3.32. The Morgan fingerprint density at radius 3 is 2.56 bits per heavy atom. The number of nitro groups is 1. The number of aliphatic carboxylic acids is 1. The molecule has 0 spiro atoms. The van der Waals surface area contributed by atoms with Gasteiger partial charge in [0.15, 0.2) is 0 Å². The van der Waals surface area contributed by atoms with Crippen LogP contribution in [0, 0.1) is 10.1 Å². The summed E-state index contributed by atoms with van der Waals surface area (Å²) in [6.07, 6.45) is 0.475. The number of carboxylic acids is 1. The van der Waals surface area contributed by atoms with E-state index in [1.165, 1.54) is 12.1 Å². The summed E-state index contributed by atoms with van der Waals surface area (Å²) in [5, 5.41) is 20.7. The van der Waals surface area contributed by atoms with Gasteiger partial charge in [0.05, 0.1) is 0 Å². The zero-order valence-corrected chi connectivity index (χ0v) is 11.3. The molecular formula is C11H14N2O4Se. The third kappa shape index (κ3) is 4.83. The van der Waals surface area contributed by atoms with Crippen molar-refractivity contribution < 1.29 is 14.8 Å². The summed E-state index contributed by atoms with van der Waals surface area (Å²) in [5.74, 6) is -0.971. The van der Waals surface area contributed by atoms with Gasteiger partial charge < -0.3 is 0 Å². The van der Waals surface area contributed by atoms with Crippen molar-refractivity contribution in [3.63, 3.8) is 0 Å². The van der Waals surface area contributed by atoms with E-state index < -0.39 is 16.9 Å². The van der Waals surface area contributed by atoms with E-state index in [0.29, 0.717) is 6.42 Å². The molecule has 0 aliphatic rings. The molecule has 0 aliphatic heterocycles. The first-order valence-electron chi connectivity index (χ1n) is 5.30. The molecule has 0 saturated carbocycles. The van der Waals surface area contributed by atoms with Crippen molar-refractivity contribution in [1.29, 1.82) is 0 Å². The summed E-state index contributed by atoms with van der Waals surface area (Å²) in [6, 6.07) is 5.64. The van der Waals surface area contributed by atoms with Crippen molar-refractivity contribution in [2.24, 2.45) is 5.73 Å². The predicted octanol–water partition coefficient (Wildman–Crippen LogP) is 1.02. The van der Waals surface area contributed by atoms with E-state index in [9.17, 15) is 14.9 Å². The van der Waals surface area contributed by atoms with Crippen molar-refractivity contribution in [2.75, 3.05) is 0 Å². The van der Waals surface area contributed by atoms with Crippen LogP contribution in [0.2, 0.25) is 5.32 Å². The fraction of sp³-hybridized carbons (Fsp3) is 0.364. The molecule has 0 amide bonds. The van der Waals surface area contributed by atoms with Crippen LogP contribution in [0.5, 0.6) is 0 Å². The van der Waals surface area contributed by atoms with Crippen LogP contribution in [0.1, 0.15) is 12.0 Å². The number of nitrogens with zero attached hydrogens (tertiary/aromatic N) is 1. The minimum atomic E-state index is -0.971. The number of hydrogen-bond acceptors (Lipinski definition) is 4. The molecular weight excluding hydrogens is 303 g/mol. The van der Waals surface area contributed by atoms with Crippen LogP contribution in [-0.4, -0.2) is 37.0 Å². The molecule has 6 nitrogen and oxygen atoms in total. The van der Waals surface area contributed by atoms with Gasteiger partial charge in [-0.2, -0.15) is 0 Å². The third-order valence-corrected chi connectivity index (χ3v) is 4.53. The average Bonchev–Trinajstić information content (AvgIpc) is 2.34. The van der Waals surface area contributed by atoms with Gasteiger partial charge in [-0.25, -0.2) is 0 Å². The normalized spacial score (nSPS) is 12.1. The molecule has 0 bridgehead atoms. The summed E-state index contributed by atoms with van der Waals surface area (Å²) >= 11 is 0.267. The SMILES string of the molecule is N[C@@H](CC[Se]Cc1ccc([N+](=O)[O-])cc1)C(=O)O. The summed E-state index contributed by atoms with van der Waals surface area (Å²) in [4.78, 5) is 20.5. The zero-order chi connectivity index (χ0) is 13.5. The molecule has 1 atom stereocenters. The Balaban J connectivity index is 2.31. The number of nitro benzene ring substituents is 1. The second kappa shape index (κ2) is 7.10. The average molecular weight is 317 g/mol. The number of nitrogens with two attached hydrogens (primary N) is 1. The zero-order valence-electron chi connectivity index (χ0n) is 9.61. The van der Waals surface area contributed by atoms with Crippen molar-refractivity contribution in [1.82, 2.24) is 0 Å². The molecule has 0 fully saturated rings. The van der Waals surface area contributed by atoms with E-state index >= 15 is 0 Å². The second-order valence-electron chi connectivity index (χ2n) is 3.71. The number of non-ortho nitro benzene ring substituents is 1. The van der Waals surface area contributed by atoms with Crippen LogP contribution >= 0.6 is 0 Å². The Bertz CT molecular complexity index is 422. The summed E-state index contributed by atoms with van der Waals surface area (Å²) in [5.41, 5.74) is 6.50. The molecule has 3 N–H and O–H groups in total. The number of rotatable bonds is 7. The van der Waals surface area contributed by atoms with Crippen LogP contribution in [0.3, 0.4) is 0 Å². The first kappa shape index (κ1) is 14.6. The van der Waals surface area contributed by atoms with Gasteiger partial charge in [0.1, 0.15) is 0 Å². The molecule has 7 heteroatoms. The summed E-state index contributed by atoms with van der Waals surface area (Å²) in [7, 11) is 0. The van der Waals surface area contributed by atoms with Gasteiger partial charge in [0, 0.05) is 0 Å². The number of carboxylic acid groups (broad SMARTS) is 1. The standard InChI is InChI=1S/C11H14N2O4Se/c12-10(11(14)15)5-6-18-7-8-1-3-9(4-2-8)13(16)17/h1-4,10H,5-7,12H2,(H,14,15)/t10-/m0/s1. The Morgan fingerprint density at radius 2 is 2.06 bits per heavy atom. The minimum absolute atomic E-state index is 0.0825. The molecule has 98 valence electrons. The number of carbonyl (C=O) groups is 1. The van der Waals surface area contributed by atoms with Crippen molar-refractivity contribution >= 4 is 26.6 Å². The fourth-order valence-electron chi connectivity index (χ4n) is 1.24. The topological polar surface area (TPSA) is 106 Å². The van der Waals surface area contributed by atoms with Crippen molar-refractivity contribution in [2.45, 2.75) is 23.1 Å². The Hall–Kier alpha value is -1.43. The first-order valence-corrected chi connectivity index (χ1v) is 7.72. The van der Waals surface area contributed by atoms with Crippen LogP contribution < -0.4 is 5.73 Å². The van der Waals surface area contributed by atoms with E-state index in [1.807, 2.05) is 0 Å². The van der Waals surface area contributed by atoms with Gasteiger partial charge in [-0.3, -0.25) is 0 Å². The molecule has 1 aromatic rings. The van der Waals surface area contributed by atoms with Gasteiger partial charge in [-0.05, 0) is 0 Å². The van der Waals surface area contributed by atoms with E-state index in [1.54, 1.807) is 12.1 Å². The molecule has 0 radical (unpaired) electrons. The van der Waals surface area contributed by atoms with E-state index in [-0.39, 0.29) is 20.6 Å². The van der Waals surface area contributed by atoms with Crippen LogP contribution in [-0.2, 0) is 10.1 Å².